The molecule has 0 aromatic rings. The van der Waals surface area contributed by atoms with Gasteiger partial charge in [0, 0.05) is 23.8 Å². The standard InChI is InChI=1S/C17H22O6/c1-8-4-5-12(20)17(3)6-11(19)13-10(7-22-9(2)18)16(21)23-15(13)14(8)17/h4,11-12,14-15,19-20H,5-7H2,1-3H3. The highest BCUT2D eigenvalue weighted by Crippen LogP contribution is 2.55. The average molecular weight is 322 g/mol. The zero-order chi connectivity index (χ0) is 16.9. The average Bonchev–Trinajstić information content (AvgIpc) is 2.77. The molecule has 126 valence electrons. The minimum Gasteiger partial charge on any atom is -0.461 e. The summed E-state index contributed by atoms with van der Waals surface area (Å²) in [5.41, 5.74) is 1.23. The van der Waals surface area contributed by atoms with Gasteiger partial charge < -0.3 is 19.7 Å². The lowest BCUT2D eigenvalue weighted by atomic mass is 9.56. The minimum absolute atomic E-state index is 0.177. The van der Waals surface area contributed by atoms with Crippen LogP contribution in [0, 0.1) is 11.3 Å². The van der Waals surface area contributed by atoms with E-state index in [1.807, 2.05) is 19.9 Å². The number of aliphatic hydroxyl groups excluding tert-OH is 2. The molecule has 6 nitrogen and oxygen atoms in total. The molecule has 0 aromatic heterocycles. The summed E-state index contributed by atoms with van der Waals surface area (Å²) in [6.45, 7) is 4.96. The van der Waals surface area contributed by atoms with Crippen molar-refractivity contribution in [3.63, 3.8) is 0 Å². The van der Waals surface area contributed by atoms with E-state index in [1.165, 1.54) is 6.92 Å². The van der Waals surface area contributed by atoms with Crippen LogP contribution in [0.1, 0.15) is 33.6 Å². The molecule has 2 N–H and O–H groups in total. The SMILES string of the molecule is CC(=O)OCC1=C2C(O)CC3(C)C(O)CC=C(C)C3C2OC1=O. The van der Waals surface area contributed by atoms with E-state index in [-0.39, 0.29) is 18.1 Å². The van der Waals surface area contributed by atoms with Crippen LogP contribution in [0.15, 0.2) is 22.8 Å². The van der Waals surface area contributed by atoms with Gasteiger partial charge in [0.15, 0.2) is 0 Å². The Labute approximate surface area is 134 Å². The molecule has 0 radical (unpaired) electrons. The fraction of sp³-hybridized carbons (Fsp3) is 0.647. The quantitative estimate of drug-likeness (QED) is 0.579. The molecule has 0 amide bonds. The highest BCUT2D eigenvalue weighted by Gasteiger charge is 2.58. The van der Waals surface area contributed by atoms with Gasteiger partial charge >= 0.3 is 11.9 Å². The molecule has 2 aliphatic carbocycles. The second-order valence-corrected chi connectivity index (χ2v) is 6.94. The van der Waals surface area contributed by atoms with Crippen molar-refractivity contribution in [2.75, 3.05) is 6.61 Å². The van der Waals surface area contributed by atoms with Crippen LogP contribution in [0.25, 0.3) is 0 Å². The molecule has 1 aliphatic heterocycles. The van der Waals surface area contributed by atoms with Crippen LogP contribution in [0.3, 0.4) is 0 Å². The summed E-state index contributed by atoms with van der Waals surface area (Å²) in [6, 6.07) is 0. The van der Waals surface area contributed by atoms with Gasteiger partial charge in [-0.15, -0.1) is 0 Å². The van der Waals surface area contributed by atoms with Crippen LogP contribution in [-0.4, -0.2) is 47.1 Å². The summed E-state index contributed by atoms with van der Waals surface area (Å²) in [5.74, 6) is -1.22. The number of hydrogen-bond acceptors (Lipinski definition) is 6. The van der Waals surface area contributed by atoms with Gasteiger partial charge in [-0.3, -0.25) is 4.79 Å². The van der Waals surface area contributed by atoms with E-state index < -0.39 is 35.7 Å². The molecule has 5 atom stereocenters. The Bertz CT molecular complexity index is 619. The monoisotopic (exact) mass is 322 g/mol. The maximum atomic E-state index is 12.2. The van der Waals surface area contributed by atoms with Crippen molar-refractivity contribution in [2.24, 2.45) is 11.3 Å². The number of fused-ring (bicyclic) bond motifs is 3. The molecule has 0 bridgehead atoms. The first-order valence-electron chi connectivity index (χ1n) is 7.85. The van der Waals surface area contributed by atoms with Crippen LogP contribution in [-0.2, 0) is 19.1 Å². The normalized spacial score (nSPS) is 39.3. The summed E-state index contributed by atoms with van der Waals surface area (Å²) in [7, 11) is 0. The molecule has 1 heterocycles. The van der Waals surface area contributed by atoms with Crippen molar-refractivity contribution >= 4 is 11.9 Å². The van der Waals surface area contributed by atoms with E-state index in [9.17, 15) is 19.8 Å². The Morgan fingerprint density at radius 3 is 2.83 bits per heavy atom. The fourth-order valence-electron chi connectivity index (χ4n) is 4.29. The van der Waals surface area contributed by atoms with Crippen molar-refractivity contribution in [2.45, 2.75) is 51.9 Å². The number of ether oxygens (including phenoxy) is 2. The molecule has 0 spiro atoms. The van der Waals surface area contributed by atoms with Gasteiger partial charge in [0.1, 0.15) is 12.7 Å². The summed E-state index contributed by atoms with van der Waals surface area (Å²) >= 11 is 0. The van der Waals surface area contributed by atoms with Gasteiger partial charge in [0.2, 0.25) is 0 Å². The number of esters is 2. The number of carbonyl (C=O) groups excluding carboxylic acids is 2. The topological polar surface area (TPSA) is 93.1 Å². The van der Waals surface area contributed by atoms with Crippen molar-refractivity contribution in [1.29, 1.82) is 0 Å². The Morgan fingerprint density at radius 2 is 2.17 bits per heavy atom. The Hall–Kier alpha value is -1.66. The zero-order valence-electron chi connectivity index (χ0n) is 13.5. The van der Waals surface area contributed by atoms with Crippen LogP contribution in [0.4, 0.5) is 0 Å². The highest BCUT2D eigenvalue weighted by atomic mass is 16.6. The van der Waals surface area contributed by atoms with Crippen LogP contribution >= 0.6 is 0 Å². The third-order valence-electron chi connectivity index (χ3n) is 5.48. The maximum Gasteiger partial charge on any atom is 0.338 e. The van der Waals surface area contributed by atoms with Gasteiger partial charge in [-0.05, 0) is 19.8 Å². The Morgan fingerprint density at radius 1 is 1.48 bits per heavy atom. The van der Waals surface area contributed by atoms with E-state index >= 15 is 0 Å². The molecule has 5 unspecified atom stereocenters. The molecule has 0 aromatic carbocycles. The van der Waals surface area contributed by atoms with Gasteiger partial charge in [-0.1, -0.05) is 18.6 Å². The molecular weight excluding hydrogens is 300 g/mol. The van der Waals surface area contributed by atoms with Gasteiger partial charge in [-0.2, -0.15) is 0 Å². The number of hydrogen-bond donors (Lipinski definition) is 2. The fourth-order valence-corrected chi connectivity index (χ4v) is 4.29. The van der Waals surface area contributed by atoms with Gasteiger partial charge in [-0.25, -0.2) is 4.79 Å². The first kappa shape index (κ1) is 16.2. The van der Waals surface area contributed by atoms with Crippen LogP contribution < -0.4 is 0 Å². The second-order valence-electron chi connectivity index (χ2n) is 6.94. The van der Waals surface area contributed by atoms with E-state index in [4.69, 9.17) is 9.47 Å². The van der Waals surface area contributed by atoms with Crippen molar-refractivity contribution < 1.29 is 29.3 Å². The summed E-state index contributed by atoms with van der Waals surface area (Å²) in [5, 5.41) is 21.0. The molecule has 1 fully saturated rings. The minimum atomic E-state index is -0.890. The highest BCUT2D eigenvalue weighted by molar-refractivity contribution is 5.93. The lowest BCUT2D eigenvalue weighted by molar-refractivity contribution is -0.150. The number of carbonyl (C=O) groups is 2. The predicted octanol–water partition coefficient (Wildman–Crippen LogP) is 0.869. The predicted molar refractivity (Wildman–Crippen MR) is 80.1 cm³/mol. The van der Waals surface area contributed by atoms with Gasteiger partial charge in [0.05, 0.1) is 17.8 Å². The number of rotatable bonds is 2. The van der Waals surface area contributed by atoms with Gasteiger partial charge in [0.25, 0.3) is 0 Å². The molecule has 23 heavy (non-hydrogen) atoms. The first-order valence-corrected chi connectivity index (χ1v) is 7.85. The van der Waals surface area contributed by atoms with E-state index in [0.717, 1.165) is 5.57 Å². The lowest BCUT2D eigenvalue weighted by Crippen LogP contribution is -2.54. The largest absolute Gasteiger partial charge is 0.461 e. The summed E-state index contributed by atoms with van der Waals surface area (Å²) < 4.78 is 10.4. The maximum absolute atomic E-state index is 12.2. The third kappa shape index (κ3) is 2.40. The smallest absolute Gasteiger partial charge is 0.338 e. The van der Waals surface area contributed by atoms with E-state index in [2.05, 4.69) is 0 Å². The molecule has 6 heteroatoms. The van der Waals surface area contributed by atoms with Crippen molar-refractivity contribution in [3.05, 3.63) is 22.8 Å². The lowest BCUT2D eigenvalue weighted by Gasteiger charge is -2.51. The summed E-state index contributed by atoms with van der Waals surface area (Å²) in [6.07, 6.45) is 0.752. The summed E-state index contributed by atoms with van der Waals surface area (Å²) in [4.78, 5) is 23.2. The van der Waals surface area contributed by atoms with Crippen LogP contribution in [0.5, 0.6) is 0 Å². The van der Waals surface area contributed by atoms with Crippen LogP contribution in [0.2, 0.25) is 0 Å². The molecule has 3 rings (SSSR count). The number of aliphatic hydroxyl groups is 2. The Kier molecular flexibility index (Phi) is 3.84. The molecular formula is C17H22O6. The van der Waals surface area contributed by atoms with Crippen molar-refractivity contribution in [1.82, 2.24) is 0 Å². The van der Waals surface area contributed by atoms with E-state index in [0.29, 0.717) is 18.4 Å². The first-order chi connectivity index (χ1) is 10.8. The molecule has 0 saturated heterocycles. The second kappa shape index (κ2) is 5.46. The zero-order valence-corrected chi connectivity index (χ0v) is 13.5. The molecule has 1 saturated carbocycles. The Balaban J connectivity index is 2.02. The van der Waals surface area contributed by atoms with Crippen molar-refractivity contribution in [3.8, 4) is 0 Å². The van der Waals surface area contributed by atoms with E-state index in [1.54, 1.807) is 0 Å². The third-order valence-corrected chi connectivity index (χ3v) is 5.48. The molecule has 3 aliphatic rings.